The molecule has 4 nitrogen and oxygen atoms in total. The van der Waals surface area contributed by atoms with Crippen LogP contribution in [-0.2, 0) is 0 Å². The first kappa shape index (κ1) is 14.5. The Bertz CT molecular complexity index is 467. The Balaban J connectivity index is 3.38. The molecule has 0 atom stereocenters. The van der Waals surface area contributed by atoms with Gasteiger partial charge in [0, 0.05) is 12.1 Å². The van der Waals surface area contributed by atoms with Crippen molar-refractivity contribution in [3.63, 3.8) is 0 Å². The lowest BCUT2D eigenvalue weighted by molar-refractivity contribution is 0.0697. The van der Waals surface area contributed by atoms with Crippen molar-refractivity contribution in [2.75, 3.05) is 11.4 Å². The van der Waals surface area contributed by atoms with Crippen LogP contribution in [0.15, 0.2) is 24.8 Å². The van der Waals surface area contributed by atoms with E-state index in [4.69, 9.17) is 11.6 Å². The molecule has 1 aromatic rings. The second-order valence-electron chi connectivity index (χ2n) is 4.88. The minimum absolute atomic E-state index is 0.135. The number of hydrogen-bond acceptors (Lipinski definition) is 3. The van der Waals surface area contributed by atoms with Crippen LogP contribution < -0.4 is 4.90 Å². The van der Waals surface area contributed by atoms with E-state index in [9.17, 15) is 9.90 Å². The molecule has 0 fully saturated rings. The summed E-state index contributed by atoms with van der Waals surface area (Å²) in [5.41, 5.74) is -0.146. The van der Waals surface area contributed by atoms with Crippen molar-refractivity contribution < 1.29 is 9.90 Å². The van der Waals surface area contributed by atoms with Crippen LogP contribution in [0.4, 0.5) is 5.82 Å². The SMILES string of the molecule is C=CCN(c1nc(Cl)ccc1C(=O)O)C(C)(C)C. The highest BCUT2D eigenvalue weighted by molar-refractivity contribution is 6.29. The minimum Gasteiger partial charge on any atom is -0.478 e. The first-order valence-electron chi connectivity index (χ1n) is 5.55. The fourth-order valence-corrected chi connectivity index (χ4v) is 1.75. The van der Waals surface area contributed by atoms with E-state index in [1.807, 2.05) is 25.7 Å². The van der Waals surface area contributed by atoms with Gasteiger partial charge in [-0.3, -0.25) is 0 Å². The summed E-state index contributed by atoms with van der Waals surface area (Å²) in [4.78, 5) is 17.2. The van der Waals surface area contributed by atoms with Gasteiger partial charge in [0.05, 0.1) is 0 Å². The number of rotatable bonds is 4. The molecule has 0 unspecified atom stereocenters. The van der Waals surface area contributed by atoms with E-state index < -0.39 is 5.97 Å². The second-order valence-corrected chi connectivity index (χ2v) is 5.27. The Morgan fingerprint density at radius 3 is 2.61 bits per heavy atom. The van der Waals surface area contributed by atoms with Gasteiger partial charge in [-0.15, -0.1) is 6.58 Å². The molecule has 0 aliphatic rings. The molecule has 0 amide bonds. The highest BCUT2D eigenvalue weighted by Gasteiger charge is 2.26. The maximum absolute atomic E-state index is 11.2. The highest BCUT2D eigenvalue weighted by Crippen LogP contribution is 2.27. The number of aromatic nitrogens is 1. The average Bonchev–Trinajstić information content (AvgIpc) is 2.23. The highest BCUT2D eigenvalue weighted by atomic mass is 35.5. The first-order chi connectivity index (χ1) is 8.27. The largest absolute Gasteiger partial charge is 0.478 e. The van der Waals surface area contributed by atoms with E-state index in [0.717, 1.165) is 0 Å². The summed E-state index contributed by atoms with van der Waals surface area (Å²) in [6.07, 6.45) is 1.71. The molecule has 0 bridgehead atoms. The number of anilines is 1. The number of carbonyl (C=O) groups is 1. The third-order valence-electron chi connectivity index (χ3n) is 2.45. The predicted molar refractivity (Wildman–Crippen MR) is 73.5 cm³/mol. The molecular formula is C13H17ClN2O2. The van der Waals surface area contributed by atoms with Gasteiger partial charge in [0.25, 0.3) is 0 Å². The Kier molecular flexibility index (Phi) is 4.35. The van der Waals surface area contributed by atoms with Crippen LogP contribution in [0.1, 0.15) is 31.1 Å². The second kappa shape index (κ2) is 5.40. The van der Waals surface area contributed by atoms with Gasteiger partial charge in [-0.25, -0.2) is 9.78 Å². The van der Waals surface area contributed by atoms with Crippen LogP contribution in [-0.4, -0.2) is 28.1 Å². The fraction of sp³-hybridized carbons (Fsp3) is 0.385. The zero-order chi connectivity index (χ0) is 13.9. The molecule has 0 aliphatic carbocycles. The Hall–Kier alpha value is -1.55. The minimum atomic E-state index is -1.02. The van der Waals surface area contributed by atoms with Gasteiger partial charge in [0.2, 0.25) is 0 Å². The van der Waals surface area contributed by atoms with Crippen molar-refractivity contribution in [1.82, 2.24) is 4.98 Å². The molecule has 1 heterocycles. The van der Waals surface area contributed by atoms with Gasteiger partial charge in [-0.05, 0) is 32.9 Å². The number of hydrogen-bond donors (Lipinski definition) is 1. The number of aromatic carboxylic acids is 1. The predicted octanol–water partition coefficient (Wildman–Crippen LogP) is 3.22. The zero-order valence-corrected chi connectivity index (χ0v) is 11.5. The van der Waals surface area contributed by atoms with Gasteiger partial charge in [-0.2, -0.15) is 0 Å². The van der Waals surface area contributed by atoms with Crippen molar-refractivity contribution in [2.45, 2.75) is 26.3 Å². The molecule has 0 aliphatic heterocycles. The summed E-state index contributed by atoms with van der Waals surface area (Å²) in [5.74, 6) is -0.658. The molecular weight excluding hydrogens is 252 g/mol. The smallest absolute Gasteiger partial charge is 0.339 e. The fourth-order valence-electron chi connectivity index (χ4n) is 1.61. The van der Waals surface area contributed by atoms with Crippen LogP contribution in [0.25, 0.3) is 0 Å². The molecule has 98 valence electrons. The molecule has 5 heteroatoms. The van der Waals surface area contributed by atoms with Crippen molar-refractivity contribution in [1.29, 1.82) is 0 Å². The van der Waals surface area contributed by atoms with Gasteiger partial charge in [-0.1, -0.05) is 17.7 Å². The normalized spacial score (nSPS) is 11.1. The Morgan fingerprint density at radius 2 is 2.17 bits per heavy atom. The summed E-state index contributed by atoms with van der Waals surface area (Å²) >= 11 is 5.86. The van der Waals surface area contributed by atoms with Crippen LogP contribution in [0.2, 0.25) is 5.15 Å². The lowest BCUT2D eigenvalue weighted by atomic mass is 10.0. The molecule has 1 aromatic heterocycles. The van der Waals surface area contributed by atoms with Crippen molar-refractivity contribution >= 4 is 23.4 Å². The Labute approximate surface area is 112 Å². The number of carboxylic acids is 1. The molecule has 0 saturated carbocycles. The zero-order valence-electron chi connectivity index (χ0n) is 10.8. The van der Waals surface area contributed by atoms with Crippen LogP contribution >= 0.6 is 11.6 Å². The standard InChI is InChI=1S/C13H17ClN2O2/c1-5-8-16(13(2,3)4)11-9(12(17)18)6-7-10(14)15-11/h5-7H,1,8H2,2-4H3,(H,17,18). The molecule has 1 N–H and O–H groups in total. The molecule has 0 saturated heterocycles. The van der Waals surface area contributed by atoms with Crippen LogP contribution in [0.5, 0.6) is 0 Å². The topological polar surface area (TPSA) is 53.4 Å². The number of carboxylic acid groups (broad SMARTS) is 1. The summed E-state index contributed by atoms with van der Waals surface area (Å²) in [6, 6.07) is 2.94. The lowest BCUT2D eigenvalue weighted by Crippen LogP contribution is -2.43. The van der Waals surface area contributed by atoms with Crippen LogP contribution in [0, 0.1) is 0 Å². The average molecular weight is 269 g/mol. The van der Waals surface area contributed by atoms with E-state index in [1.54, 1.807) is 6.08 Å². The van der Waals surface area contributed by atoms with Crippen molar-refractivity contribution in [2.24, 2.45) is 0 Å². The van der Waals surface area contributed by atoms with Gasteiger partial charge in [0.1, 0.15) is 16.5 Å². The van der Waals surface area contributed by atoms with Crippen LogP contribution in [0.3, 0.4) is 0 Å². The Morgan fingerprint density at radius 1 is 1.56 bits per heavy atom. The summed E-state index contributed by atoms with van der Waals surface area (Å²) in [6.45, 7) is 10.1. The maximum atomic E-state index is 11.2. The van der Waals surface area contributed by atoms with Crippen molar-refractivity contribution in [3.05, 3.63) is 35.5 Å². The van der Waals surface area contributed by atoms with E-state index in [1.165, 1.54) is 12.1 Å². The number of pyridine rings is 1. The third-order valence-corrected chi connectivity index (χ3v) is 2.66. The molecule has 1 rings (SSSR count). The van der Waals surface area contributed by atoms with Gasteiger partial charge >= 0.3 is 5.97 Å². The molecule has 18 heavy (non-hydrogen) atoms. The van der Waals surface area contributed by atoms with Gasteiger partial charge in [0.15, 0.2) is 0 Å². The summed E-state index contributed by atoms with van der Waals surface area (Å²) in [5, 5.41) is 9.48. The molecule has 0 radical (unpaired) electrons. The van der Waals surface area contributed by atoms with Crippen molar-refractivity contribution in [3.8, 4) is 0 Å². The van der Waals surface area contributed by atoms with E-state index in [0.29, 0.717) is 12.4 Å². The van der Waals surface area contributed by atoms with Gasteiger partial charge < -0.3 is 10.0 Å². The monoisotopic (exact) mass is 268 g/mol. The lowest BCUT2D eigenvalue weighted by Gasteiger charge is -2.36. The van der Waals surface area contributed by atoms with E-state index in [-0.39, 0.29) is 16.3 Å². The molecule has 0 aromatic carbocycles. The first-order valence-corrected chi connectivity index (χ1v) is 5.93. The van der Waals surface area contributed by atoms with E-state index in [2.05, 4.69) is 11.6 Å². The summed E-state index contributed by atoms with van der Waals surface area (Å²) in [7, 11) is 0. The molecule has 0 spiro atoms. The summed E-state index contributed by atoms with van der Waals surface area (Å²) < 4.78 is 0. The maximum Gasteiger partial charge on any atom is 0.339 e. The van der Waals surface area contributed by atoms with E-state index >= 15 is 0 Å². The quantitative estimate of drug-likeness (QED) is 0.673. The third kappa shape index (κ3) is 3.23. The number of nitrogens with zero attached hydrogens (tertiary/aromatic N) is 2. The number of halogens is 1.